The molecule has 0 spiro atoms. The van der Waals surface area contributed by atoms with Gasteiger partial charge in [0, 0.05) is 18.8 Å². The molecule has 0 unspecified atom stereocenters. The van der Waals surface area contributed by atoms with Crippen LogP contribution in [0.5, 0.6) is 0 Å². The minimum atomic E-state index is -0.408. The summed E-state index contributed by atoms with van der Waals surface area (Å²) in [4.78, 5) is 25.4. The smallest absolute Gasteiger partial charge is 0.337 e. The van der Waals surface area contributed by atoms with E-state index in [0.29, 0.717) is 24.3 Å². The largest absolute Gasteiger partial charge is 0.465 e. The number of hydrogen-bond donors (Lipinski definition) is 1. The maximum absolute atomic E-state index is 12.3. The van der Waals surface area contributed by atoms with E-state index in [4.69, 9.17) is 5.26 Å². The highest BCUT2D eigenvalue weighted by atomic mass is 16.5. The SMILES string of the molecule is COC(=O)c1ccc(NC(=O)N2CCC[C@@H](C#N)C2)c(C)c1. The summed E-state index contributed by atoms with van der Waals surface area (Å²) >= 11 is 0. The molecule has 2 rings (SSSR count). The number of anilines is 1. The fraction of sp³-hybridized carbons (Fsp3) is 0.438. The van der Waals surface area contributed by atoms with Gasteiger partial charge in [0.15, 0.2) is 0 Å². The third kappa shape index (κ3) is 3.55. The van der Waals surface area contributed by atoms with Crippen LogP contribution in [0.3, 0.4) is 0 Å². The molecule has 1 fully saturated rings. The minimum absolute atomic E-state index is 0.0951. The zero-order chi connectivity index (χ0) is 16.1. The molecule has 2 amide bonds. The predicted octanol–water partition coefficient (Wildman–Crippen LogP) is 2.55. The number of methoxy groups -OCH3 is 1. The maximum atomic E-state index is 12.3. The van der Waals surface area contributed by atoms with Crippen LogP contribution >= 0.6 is 0 Å². The van der Waals surface area contributed by atoms with Crippen molar-refractivity contribution in [3.05, 3.63) is 29.3 Å². The van der Waals surface area contributed by atoms with Gasteiger partial charge >= 0.3 is 12.0 Å². The predicted molar refractivity (Wildman–Crippen MR) is 81.4 cm³/mol. The van der Waals surface area contributed by atoms with E-state index in [9.17, 15) is 9.59 Å². The van der Waals surface area contributed by atoms with Crippen LogP contribution in [0.25, 0.3) is 0 Å². The van der Waals surface area contributed by atoms with Crippen LogP contribution in [0.4, 0.5) is 10.5 Å². The zero-order valence-electron chi connectivity index (χ0n) is 12.8. The number of carbonyl (C=O) groups is 2. The number of nitriles is 1. The number of aryl methyl sites for hydroxylation is 1. The van der Waals surface area contributed by atoms with E-state index in [-0.39, 0.29) is 11.9 Å². The van der Waals surface area contributed by atoms with Crippen LogP contribution in [0, 0.1) is 24.2 Å². The Kier molecular flexibility index (Phi) is 4.99. The Morgan fingerprint density at radius 2 is 2.23 bits per heavy atom. The van der Waals surface area contributed by atoms with Gasteiger partial charge in [-0.1, -0.05) is 0 Å². The van der Waals surface area contributed by atoms with E-state index in [0.717, 1.165) is 18.4 Å². The summed E-state index contributed by atoms with van der Waals surface area (Å²) < 4.78 is 4.67. The highest BCUT2D eigenvalue weighted by Crippen LogP contribution is 2.20. The third-order valence-corrected chi connectivity index (χ3v) is 3.78. The number of piperidine rings is 1. The van der Waals surface area contributed by atoms with Gasteiger partial charge in [-0.3, -0.25) is 0 Å². The molecule has 0 aromatic heterocycles. The van der Waals surface area contributed by atoms with Crippen LogP contribution in [0.15, 0.2) is 18.2 Å². The topological polar surface area (TPSA) is 82.4 Å². The molecule has 1 aliphatic rings. The molecule has 22 heavy (non-hydrogen) atoms. The normalized spacial score (nSPS) is 17.5. The molecule has 6 heteroatoms. The third-order valence-electron chi connectivity index (χ3n) is 3.78. The highest BCUT2D eigenvalue weighted by molar-refractivity contribution is 5.93. The molecule has 1 aliphatic heterocycles. The number of ether oxygens (including phenoxy) is 1. The van der Waals surface area contributed by atoms with Crippen LogP contribution in [-0.2, 0) is 4.74 Å². The monoisotopic (exact) mass is 301 g/mol. The summed E-state index contributed by atoms with van der Waals surface area (Å²) in [5.74, 6) is -0.504. The molecule has 1 N–H and O–H groups in total. The van der Waals surface area contributed by atoms with E-state index in [1.165, 1.54) is 7.11 Å². The van der Waals surface area contributed by atoms with Gasteiger partial charge in [-0.05, 0) is 43.5 Å². The Morgan fingerprint density at radius 1 is 1.45 bits per heavy atom. The molecule has 1 saturated heterocycles. The lowest BCUT2D eigenvalue weighted by Gasteiger charge is -2.29. The number of amides is 2. The molecular formula is C16H19N3O3. The van der Waals surface area contributed by atoms with Crippen molar-refractivity contribution in [2.24, 2.45) is 5.92 Å². The number of nitrogens with zero attached hydrogens (tertiary/aromatic N) is 2. The van der Waals surface area contributed by atoms with Gasteiger partial charge in [0.2, 0.25) is 0 Å². The first-order chi connectivity index (χ1) is 10.5. The maximum Gasteiger partial charge on any atom is 0.337 e. The van der Waals surface area contributed by atoms with Gasteiger partial charge in [-0.2, -0.15) is 5.26 Å². The summed E-state index contributed by atoms with van der Waals surface area (Å²) in [5, 5.41) is 11.8. The first-order valence-electron chi connectivity index (χ1n) is 7.19. The Hall–Kier alpha value is -2.55. The van der Waals surface area contributed by atoms with Crippen LogP contribution in [0.2, 0.25) is 0 Å². The molecular weight excluding hydrogens is 282 g/mol. The lowest BCUT2D eigenvalue weighted by molar-refractivity contribution is 0.0600. The highest BCUT2D eigenvalue weighted by Gasteiger charge is 2.23. The zero-order valence-corrected chi connectivity index (χ0v) is 12.8. The average Bonchev–Trinajstić information content (AvgIpc) is 2.55. The van der Waals surface area contributed by atoms with Crippen molar-refractivity contribution in [1.82, 2.24) is 4.90 Å². The second-order valence-electron chi connectivity index (χ2n) is 5.37. The van der Waals surface area contributed by atoms with Crippen LogP contribution < -0.4 is 5.32 Å². The molecule has 1 heterocycles. The first-order valence-corrected chi connectivity index (χ1v) is 7.19. The number of likely N-dealkylation sites (tertiary alicyclic amines) is 1. The standard InChI is InChI=1S/C16H19N3O3/c1-11-8-13(15(20)22-2)5-6-14(11)18-16(21)19-7-3-4-12(9-17)10-19/h5-6,8,12H,3-4,7,10H2,1-2H3,(H,18,21)/t12-/m0/s1. The Labute approximate surface area is 129 Å². The summed E-state index contributed by atoms with van der Waals surface area (Å²) in [6, 6.07) is 6.98. The van der Waals surface area contributed by atoms with E-state index in [2.05, 4.69) is 16.1 Å². The lowest BCUT2D eigenvalue weighted by Crippen LogP contribution is -2.42. The average molecular weight is 301 g/mol. The van der Waals surface area contributed by atoms with Crippen molar-refractivity contribution in [3.8, 4) is 6.07 Å². The minimum Gasteiger partial charge on any atom is -0.465 e. The number of carbonyl (C=O) groups excluding carboxylic acids is 2. The van der Waals surface area contributed by atoms with Crippen molar-refractivity contribution in [2.75, 3.05) is 25.5 Å². The fourth-order valence-electron chi connectivity index (χ4n) is 2.51. The molecule has 0 saturated carbocycles. The summed E-state index contributed by atoms with van der Waals surface area (Å²) in [5.41, 5.74) is 1.88. The Morgan fingerprint density at radius 3 is 2.86 bits per heavy atom. The molecule has 1 atom stereocenters. The van der Waals surface area contributed by atoms with Crippen molar-refractivity contribution in [2.45, 2.75) is 19.8 Å². The van der Waals surface area contributed by atoms with E-state index < -0.39 is 5.97 Å². The number of hydrogen-bond acceptors (Lipinski definition) is 4. The molecule has 116 valence electrons. The summed E-state index contributed by atoms with van der Waals surface area (Å²) in [6.07, 6.45) is 1.68. The Balaban J connectivity index is 2.05. The molecule has 1 aromatic rings. The summed E-state index contributed by atoms with van der Waals surface area (Å²) in [7, 11) is 1.33. The van der Waals surface area contributed by atoms with Gasteiger partial charge in [-0.15, -0.1) is 0 Å². The number of rotatable bonds is 2. The van der Waals surface area contributed by atoms with Crippen molar-refractivity contribution >= 4 is 17.7 Å². The summed E-state index contributed by atoms with van der Waals surface area (Å²) in [6.45, 7) is 2.93. The molecule has 0 bridgehead atoms. The number of nitrogens with one attached hydrogen (secondary N) is 1. The quantitative estimate of drug-likeness (QED) is 0.851. The first kappa shape index (κ1) is 15.8. The van der Waals surface area contributed by atoms with Gasteiger partial charge in [0.1, 0.15) is 0 Å². The number of esters is 1. The van der Waals surface area contributed by atoms with Gasteiger partial charge in [0.25, 0.3) is 0 Å². The van der Waals surface area contributed by atoms with Crippen LogP contribution in [0.1, 0.15) is 28.8 Å². The van der Waals surface area contributed by atoms with Crippen molar-refractivity contribution in [3.63, 3.8) is 0 Å². The number of urea groups is 1. The van der Waals surface area contributed by atoms with Gasteiger partial charge < -0.3 is 15.0 Å². The molecule has 6 nitrogen and oxygen atoms in total. The second kappa shape index (κ2) is 6.94. The molecule has 0 radical (unpaired) electrons. The van der Waals surface area contributed by atoms with Crippen molar-refractivity contribution in [1.29, 1.82) is 5.26 Å². The molecule has 0 aliphatic carbocycles. The van der Waals surface area contributed by atoms with Gasteiger partial charge in [0.05, 0.1) is 24.7 Å². The van der Waals surface area contributed by atoms with Crippen LogP contribution in [-0.4, -0.2) is 37.1 Å². The molecule has 1 aromatic carbocycles. The fourth-order valence-corrected chi connectivity index (χ4v) is 2.51. The van der Waals surface area contributed by atoms with Crippen molar-refractivity contribution < 1.29 is 14.3 Å². The van der Waals surface area contributed by atoms with E-state index >= 15 is 0 Å². The number of benzene rings is 1. The van der Waals surface area contributed by atoms with Gasteiger partial charge in [-0.25, -0.2) is 9.59 Å². The lowest BCUT2D eigenvalue weighted by atomic mass is 10.0. The Bertz CT molecular complexity index is 622. The van der Waals surface area contributed by atoms with E-state index in [1.54, 1.807) is 23.1 Å². The van der Waals surface area contributed by atoms with E-state index in [1.807, 2.05) is 6.92 Å². The second-order valence-corrected chi connectivity index (χ2v) is 5.37.